The Morgan fingerprint density at radius 2 is 1.94 bits per heavy atom. The lowest BCUT2D eigenvalue weighted by Crippen LogP contribution is -2.27. The zero-order valence-corrected chi connectivity index (χ0v) is 11.3. The van der Waals surface area contributed by atoms with E-state index in [0.29, 0.717) is 6.54 Å². The third-order valence-corrected chi connectivity index (χ3v) is 4.69. The van der Waals surface area contributed by atoms with E-state index >= 15 is 0 Å². The van der Waals surface area contributed by atoms with Gasteiger partial charge in [0.2, 0.25) is 10.0 Å². The summed E-state index contributed by atoms with van der Waals surface area (Å²) in [5, 5.41) is -0.381. The van der Waals surface area contributed by atoms with Crippen molar-refractivity contribution in [2.45, 2.75) is 20.4 Å². The second kappa shape index (κ2) is 5.17. The highest BCUT2D eigenvalue weighted by Crippen LogP contribution is 2.14. The van der Waals surface area contributed by atoms with E-state index in [1.165, 1.54) is 16.9 Å². The van der Waals surface area contributed by atoms with Gasteiger partial charge in [0.05, 0.1) is 0 Å². The van der Waals surface area contributed by atoms with Crippen LogP contribution >= 0.6 is 11.6 Å². The van der Waals surface area contributed by atoms with E-state index in [0.717, 1.165) is 11.1 Å². The number of hydrogen-bond acceptors (Lipinski definition) is 2. The lowest BCUT2D eigenvalue weighted by Gasteiger charge is -2.16. The van der Waals surface area contributed by atoms with Crippen LogP contribution in [0, 0.1) is 13.8 Å². The van der Waals surface area contributed by atoms with Crippen LogP contribution in [0.2, 0.25) is 0 Å². The first-order chi connectivity index (χ1) is 7.36. The SMILES string of the molecule is Cc1ccc(CN(C)S(=O)(=O)CCl)c(C)c1. The van der Waals surface area contributed by atoms with Crippen molar-refractivity contribution in [2.24, 2.45) is 0 Å². The lowest BCUT2D eigenvalue weighted by atomic mass is 10.1. The molecule has 0 fully saturated rings. The van der Waals surface area contributed by atoms with Crippen LogP contribution in [0.25, 0.3) is 0 Å². The number of alkyl halides is 1. The highest BCUT2D eigenvalue weighted by molar-refractivity contribution is 7.90. The first-order valence-electron chi connectivity index (χ1n) is 4.93. The maximum atomic E-state index is 11.5. The van der Waals surface area contributed by atoms with E-state index in [2.05, 4.69) is 0 Å². The normalized spacial score (nSPS) is 12.1. The Hall–Kier alpha value is -0.580. The summed E-state index contributed by atoms with van der Waals surface area (Å²) in [5.74, 6) is 0. The summed E-state index contributed by atoms with van der Waals surface area (Å²) >= 11 is 5.39. The Morgan fingerprint density at radius 3 is 2.44 bits per heavy atom. The van der Waals surface area contributed by atoms with E-state index in [1.807, 2.05) is 32.0 Å². The predicted molar refractivity (Wildman–Crippen MR) is 67.0 cm³/mol. The first-order valence-corrected chi connectivity index (χ1v) is 7.07. The fraction of sp³-hybridized carbons (Fsp3) is 0.455. The maximum Gasteiger partial charge on any atom is 0.228 e. The van der Waals surface area contributed by atoms with Gasteiger partial charge in [0.1, 0.15) is 5.21 Å². The third-order valence-electron chi connectivity index (χ3n) is 2.50. The van der Waals surface area contributed by atoms with Gasteiger partial charge in [-0.1, -0.05) is 23.8 Å². The van der Waals surface area contributed by atoms with Crippen LogP contribution in [0.15, 0.2) is 18.2 Å². The molecule has 0 amide bonds. The van der Waals surface area contributed by atoms with Crippen molar-refractivity contribution < 1.29 is 8.42 Å². The summed E-state index contributed by atoms with van der Waals surface area (Å²) in [6, 6.07) is 5.96. The summed E-state index contributed by atoms with van der Waals surface area (Å²) in [6.45, 7) is 4.35. The molecular weight excluding hydrogens is 246 g/mol. The van der Waals surface area contributed by atoms with Crippen LogP contribution in [0.5, 0.6) is 0 Å². The molecule has 0 atom stereocenters. The standard InChI is InChI=1S/C11H16ClNO2S/c1-9-4-5-11(10(2)6-9)7-13(3)16(14,15)8-12/h4-6H,7-8H2,1-3H3. The summed E-state index contributed by atoms with van der Waals surface area (Å²) < 4.78 is 24.2. The molecule has 0 aliphatic heterocycles. The Labute approximate surface area is 102 Å². The number of hydrogen-bond donors (Lipinski definition) is 0. The zero-order chi connectivity index (χ0) is 12.3. The molecular formula is C11H16ClNO2S. The topological polar surface area (TPSA) is 37.4 Å². The maximum absolute atomic E-state index is 11.5. The molecule has 0 N–H and O–H groups in total. The van der Waals surface area contributed by atoms with E-state index < -0.39 is 10.0 Å². The summed E-state index contributed by atoms with van der Waals surface area (Å²) in [6.07, 6.45) is 0. The molecule has 0 unspecified atom stereocenters. The minimum absolute atomic E-state index is 0.362. The molecule has 0 aliphatic carbocycles. The summed E-state index contributed by atoms with van der Waals surface area (Å²) in [5.41, 5.74) is 3.27. The number of benzene rings is 1. The van der Waals surface area contributed by atoms with Gasteiger partial charge in [-0.05, 0) is 25.0 Å². The molecule has 0 saturated heterocycles. The second-order valence-electron chi connectivity index (χ2n) is 3.91. The van der Waals surface area contributed by atoms with Crippen molar-refractivity contribution in [1.29, 1.82) is 0 Å². The van der Waals surface area contributed by atoms with Crippen molar-refractivity contribution in [2.75, 3.05) is 12.3 Å². The molecule has 1 rings (SSSR count). The Kier molecular flexibility index (Phi) is 4.35. The summed E-state index contributed by atoms with van der Waals surface area (Å²) in [4.78, 5) is 0. The molecule has 0 aromatic heterocycles. The van der Waals surface area contributed by atoms with Gasteiger partial charge in [-0.25, -0.2) is 8.42 Å². The second-order valence-corrected chi connectivity index (χ2v) is 6.57. The lowest BCUT2D eigenvalue weighted by molar-refractivity contribution is 0.470. The van der Waals surface area contributed by atoms with E-state index in [9.17, 15) is 8.42 Å². The number of sulfonamides is 1. The van der Waals surface area contributed by atoms with E-state index in [4.69, 9.17) is 11.6 Å². The van der Waals surface area contributed by atoms with Crippen molar-refractivity contribution in [3.8, 4) is 0 Å². The molecule has 5 heteroatoms. The van der Waals surface area contributed by atoms with Gasteiger partial charge in [0.25, 0.3) is 0 Å². The Morgan fingerprint density at radius 1 is 1.31 bits per heavy atom. The number of rotatable bonds is 4. The van der Waals surface area contributed by atoms with Crippen LogP contribution in [0.4, 0.5) is 0 Å². The highest BCUT2D eigenvalue weighted by Gasteiger charge is 2.16. The Bertz CT molecular complexity index is 471. The molecule has 1 aromatic carbocycles. The molecule has 16 heavy (non-hydrogen) atoms. The fourth-order valence-electron chi connectivity index (χ4n) is 1.44. The van der Waals surface area contributed by atoms with Crippen LogP contribution in [0.3, 0.4) is 0 Å². The number of aryl methyl sites for hydroxylation is 2. The van der Waals surface area contributed by atoms with Crippen LogP contribution in [-0.4, -0.2) is 25.0 Å². The number of halogens is 1. The fourth-order valence-corrected chi connectivity index (χ4v) is 2.45. The quantitative estimate of drug-likeness (QED) is 0.780. The van der Waals surface area contributed by atoms with Crippen LogP contribution in [-0.2, 0) is 16.6 Å². The van der Waals surface area contributed by atoms with Gasteiger partial charge >= 0.3 is 0 Å². The van der Waals surface area contributed by atoms with Gasteiger partial charge in [0.15, 0.2) is 0 Å². The first kappa shape index (κ1) is 13.5. The van der Waals surface area contributed by atoms with Crippen molar-refractivity contribution >= 4 is 21.6 Å². The largest absolute Gasteiger partial charge is 0.228 e. The van der Waals surface area contributed by atoms with Crippen molar-refractivity contribution in [3.05, 3.63) is 34.9 Å². The average molecular weight is 262 g/mol. The van der Waals surface area contributed by atoms with Crippen molar-refractivity contribution in [3.63, 3.8) is 0 Å². The van der Waals surface area contributed by atoms with Gasteiger partial charge in [-0.15, -0.1) is 11.6 Å². The summed E-state index contributed by atoms with van der Waals surface area (Å²) in [7, 11) is -1.79. The predicted octanol–water partition coefficient (Wildman–Crippen LogP) is 2.26. The van der Waals surface area contributed by atoms with Crippen LogP contribution < -0.4 is 0 Å². The Balaban J connectivity index is 2.89. The van der Waals surface area contributed by atoms with Gasteiger partial charge in [0, 0.05) is 13.6 Å². The van der Waals surface area contributed by atoms with Gasteiger partial charge in [-0.3, -0.25) is 0 Å². The highest BCUT2D eigenvalue weighted by atomic mass is 35.5. The molecule has 0 saturated carbocycles. The zero-order valence-electron chi connectivity index (χ0n) is 9.70. The molecule has 0 heterocycles. The molecule has 0 radical (unpaired) electrons. The minimum atomic E-state index is -3.32. The smallest absolute Gasteiger partial charge is 0.211 e. The third kappa shape index (κ3) is 3.20. The molecule has 3 nitrogen and oxygen atoms in total. The van der Waals surface area contributed by atoms with Crippen LogP contribution in [0.1, 0.15) is 16.7 Å². The van der Waals surface area contributed by atoms with Crippen molar-refractivity contribution in [1.82, 2.24) is 4.31 Å². The van der Waals surface area contributed by atoms with E-state index in [-0.39, 0.29) is 5.21 Å². The number of nitrogens with zero attached hydrogens (tertiary/aromatic N) is 1. The molecule has 0 spiro atoms. The van der Waals surface area contributed by atoms with Gasteiger partial charge < -0.3 is 0 Å². The van der Waals surface area contributed by atoms with E-state index in [1.54, 1.807) is 0 Å². The molecule has 0 bridgehead atoms. The van der Waals surface area contributed by atoms with Gasteiger partial charge in [-0.2, -0.15) is 4.31 Å². The average Bonchev–Trinajstić information content (AvgIpc) is 2.22. The monoisotopic (exact) mass is 261 g/mol. The molecule has 90 valence electrons. The minimum Gasteiger partial charge on any atom is -0.211 e. The molecule has 0 aliphatic rings. The molecule has 1 aromatic rings.